The molecular formula is C20H26O6. The third-order valence-electron chi connectivity index (χ3n) is 1.99. The normalized spacial score (nSPS) is 7.50. The van der Waals surface area contributed by atoms with Gasteiger partial charge in [0.05, 0.1) is 13.4 Å². The van der Waals surface area contributed by atoms with Crippen LogP contribution >= 0.6 is 0 Å². The zero-order valence-electron chi connectivity index (χ0n) is 15.4. The van der Waals surface area contributed by atoms with Crippen LogP contribution in [-0.4, -0.2) is 30.1 Å². The molecule has 6 nitrogen and oxygen atoms in total. The van der Waals surface area contributed by atoms with Gasteiger partial charge in [0.2, 0.25) is 0 Å². The number of carbonyl (C=O) groups excluding carboxylic acids is 2. The first kappa shape index (κ1) is 27.4. The molecule has 0 radical (unpaired) electrons. The van der Waals surface area contributed by atoms with Crippen LogP contribution in [0.4, 0.5) is 0 Å². The van der Waals surface area contributed by atoms with Gasteiger partial charge >= 0.3 is 17.9 Å². The van der Waals surface area contributed by atoms with E-state index in [0.29, 0.717) is 5.57 Å². The Morgan fingerprint density at radius 3 is 1.62 bits per heavy atom. The first-order valence-corrected chi connectivity index (χ1v) is 7.20. The van der Waals surface area contributed by atoms with Gasteiger partial charge in [0.1, 0.15) is 0 Å². The van der Waals surface area contributed by atoms with Crippen molar-refractivity contribution >= 4 is 24.0 Å². The molecular weight excluding hydrogens is 336 g/mol. The fourth-order valence-electron chi connectivity index (χ4n) is 0.881. The number of benzene rings is 1. The summed E-state index contributed by atoms with van der Waals surface area (Å²) in [5.74, 6) is -1.66. The summed E-state index contributed by atoms with van der Waals surface area (Å²) in [6.07, 6.45) is 3.77. The summed E-state index contributed by atoms with van der Waals surface area (Å²) in [5.41, 5.74) is 1.61. The number of carboxylic acids is 1. The fraction of sp³-hybridized carbons (Fsp3) is 0.150. The molecule has 6 heteroatoms. The van der Waals surface area contributed by atoms with Gasteiger partial charge < -0.3 is 14.6 Å². The van der Waals surface area contributed by atoms with Crippen LogP contribution in [0.5, 0.6) is 0 Å². The van der Waals surface area contributed by atoms with Crippen LogP contribution in [0.1, 0.15) is 19.4 Å². The number of hydrogen-bond donors (Lipinski definition) is 1. The standard InChI is InChI=1S/C8H8.C5H8O2.C4H6O2.C3H4O2/c1-2-8-6-4-3-5-7-8;1-4(2)5(6)7-3;1-3-6-4(2)5;1-2-3(4)5/h2-7H,1H2;1H2,2-3H3;3H,1H2,2H3;2H,1H2,(H,4,5). The molecule has 1 rings (SSSR count). The molecule has 142 valence electrons. The van der Waals surface area contributed by atoms with Gasteiger partial charge in [-0.1, -0.05) is 62.7 Å². The molecule has 0 aromatic heterocycles. The minimum Gasteiger partial charge on any atom is -0.478 e. The van der Waals surface area contributed by atoms with Crippen LogP contribution in [0.25, 0.3) is 6.08 Å². The number of methoxy groups -OCH3 is 1. The smallest absolute Gasteiger partial charge is 0.332 e. The monoisotopic (exact) mass is 362 g/mol. The second-order valence-electron chi connectivity index (χ2n) is 4.21. The lowest BCUT2D eigenvalue weighted by atomic mass is 10.2. The molecule has 0 fully saturated rings. The van der Waals surface area contributed by atoms with E-state index < -0.39 is 5.97 Å². The van der Waals surface area contributed by atoms with Crippen molar-refractivity contribution < 1.29 is 29.0 Å². The third-order valence-corrected chi connectivity index (χ3v) is 1.99. The highest BCUT2D eigenvalue weighted by atomic mass is 16.5. The largest absolute Gasteiger partial charge is 0.478 e. The molecule has 0 spiro atoms. The van der Waals surface area contributed by atoms with E-state index in [1.807, 2.05) is 36.4 Å². The first-order valence-electron chi connectivity index (χ1n) is 7.20. The Kier molecular flexibility index (Phi) is 20.7. The Hall–Kier alpha value is -3.41. The summed E-state index contributed by atoms with van der Waals surface area (Å²) in [5, 5.41) is 7.60. The maximum atomic E-state index is 10.2. The summed E-state index contributed by atoms with van der Waals surface area (Å²) in [7, 11) is 1.33. The SMILES string of the molecule is C=C(C)C(=O)OC.C=CC(=O)O.C=COC(C)=O.C=Cc1ccccc1. The summed E-state index contributed by atoms with van der Waals surface area (Å²) in [6, 6.07) is 10.0. The van der Waals surface area contributed by atoms with E-state index in [0.717, 1.165) is 12.3 Å². The van der Waals surface area contributed by atoms with Gasteiger partial charge in [-0.15, -0.1) is 0 Å². The molecule has 1 aromatic rings. The zero-order valence-corrected chi connectivity index (χ0v) is 15.4. The summed E-state index contributed by atoms with van der Waals surface area (Å²) in [4.78, 5) is 29.2. The highest BCUT2D eigenvalue weighted by Crippen LogP contribution is 1.97. The van der Waals surface area contributed by atoms with Crippen LogP contribution in [-0.2, 0) is 23.9 Å². The quantitative estimate of drug-likeness (QED) is 0.494. The third kappa shape index (κ3) is 25.5. The van der Waals surface area contributed by atoms with Crippen molar-refractivity contribution in [3.63, 3.8) is 0 Å². The van der Waals surface area contributed by atoms with Crippen LogP contribution < -0.4 is 0 Å². The summed E-state index contributed by atoms with van der Waals surface area (Å²) >= 11 is 0. The molecule has 0 heterocycles. The minimum atomic E-state index is -0.981. The Bertz CT molecular complexity index is 588. The summed E-state index contributed by atoms with van der Waals surface area (Å²) in [6.45, 7) is 16.0. The Labute approximate surface area is 154 Å². The van der Waals surface area contributed by atoms with Gasteiger partial charge in [-0.2, -0.15) is 0 Å². The molecule has 1 N–H and O–H groups in total. The predicted molar refractivity (Wildman–Crippen MR) is 103 cm³/mol. The molecule has 0 saturated heterocycles. The number of rotatable bonds is 4. The maximum absolute atomic E-state index is 10.2. The number of carbonyl (C=O) groups is 3. The summed E-state index contributed by atoms with van der Waals surface area (Å²) < 4.78 is 8.44. The van der Waals surface area contributed by atoms with E-state index in [1.165, 1.54) is 19.6 Å². The number of carboxylic acid groups (broad SMARTS) is 1. The van der Waals surface area contributed by atoms with E-state index >= 15 is 0 Å². The van der Waals surface area contributed by atoms with Crippen molar-refractivity contribution in [3.05, 3.63) is 80.1 Å². The second kappa shape index (κ2) is 19.6. The van der Waals surface area contributed by atoms with Crippen LogP contribution in [0.15, 0.2) is 74.6 Å². The van der Waals surface area contributed by atoms with E-state index in [2.05, 4.69) is 35.8 Å². The van der Waals surface area contributed by atoms with Crippen LogP contribution in [0.3, 0.4) is 0 Å². The lowest BCUT2D eigenvalue weighted by molar-refractivity contribution is -0.136. The lowest BCUT2D eigenvalue weighted by Gasteiger charge is -1.91. The zero-order chi connectivity index (χ0) is 21.0. The van der Waals surface area contributed by atoms with E-state index in [9.17, 15) is 14.4 Å². The molecule has 0 bridgehead atoms. The number of aliphatic carboxylic acids is 1. The Balaban J connectivity index is -0.000000276. The molecule has 0 unspecified atom stereocenters. The highest BCUT2D eigenvalue weighted by molar-refractivity contribution is 5.86. The van der Waals surface area contributed by atoms with E-state index in [-0.39, 0.29) is 11.9 Å². The van der Waals surface area contributed by atoms with Crippen molar-refractivity contribution in [2.75, 3.05) is 7.11 Å². The predicted octanol–water partition coefficient (Wildman–Crippen LogP) is 4.02. The molecule has 0 aliphatic carbocycles. The molecule has 0 saturated carbocycles. The highest BCUT2D eigenvalue weighted by Gasteiger charge is 1.95. The van der Waals surface area contributed by atoms with Crippen molar-refractivity contribution in [2.24, 2.45) is 0 Å². The first-order chi connectivity index (χ1) is 12.2. The van der Waals surface area contributed by atoms with Crippen molar-refractivity contribution in [1.82, 2.24) is 0 Å². The van der Waals surface area contributed by atoms with Gasteiger partial charge in [-0.05, 0) is 12.5 Å². The minimum absolute atomic E-state index is 0.329. The van der Waals surface area contributed by atoms with Crippen molar-refractivity contribution in [3.8, 4) is 0 Å². The molecule has 0 aliphatic rings. The molecule has 0 atom stereocenters. The van der Waals surface area contributed by atoms with Crippen molar-refractivity contribution in [1.29, 1.82) is 0 Å². The topological polar surface area (TPSA) is 89.9 Å². The van der Waals surface area contributed by atoms with Crippen LogP contribution in [0.2, 0.25) is 0 Å². The average Bonchev–Trinajstić information content (AvgIpc) is 2.63. The second-order valence-corrected chi connectivity index (χ2v) is 4.21. The average molecular weight is 362 g/mol. The van der Waals surface area contributed by atoms with E-state index in [1.54, 1.807) is 6.92 Å². The van der Waals surface area contributed by atoms with Crippen molar-refractivity contribution in [2.45, 2.75) is 13.8 Å². The fourth-order valence-corrected chi connectivity index (χ4v) is 0.881. The molecule has 26 heavy (non-hydrogen) atoms. The Morgan fingerprint density at radius 2 is 1.50 bits per heavy atom. The lowest BCUT2D eigenvalue weighted by Crippen LogP contribution is -1.98. The van der Waals surface area contributed by atoms with E-state index in [4.69, 9.17) is 5.11 Å². The molecule has 1 aromatic carbocycles. The Morgan fingerprint density at radius 1 is 1.04 bits per heavy atom. The number of esters is 2. The molecule has 0 amide bonds. The van der Waals surface area contributed by atoms with Gasteiger partial charge in [-0.25, -0.2) is 9.59 Å². The van der Waals surface area contributed by atoms with Gasteiger partial charge in [0.15, 0.2) is 0 Å². The van der Waals surface area contributed by atoms with Gasteiger partial charge in [0.25, 0.3) is 0 Å². The van der Waals surface area contributed by atoms with Gasteiger partial charge in [-0.3, -0.25) is 4.79 Å². The van der Waals surface area contributed by atoms with Gasteiger partial charge in [0, 0.05) is 18.6 Å². The maximum Gasteiger partial charge on any atom is 0.332 e. The molecule has 0 aliphatic heterocycles. The number of ether oxygens (including phenoxy) is 2. The van der Waals surface area contributed by atoms with Crippen LogP contribution in [0, 0.1) is 0 Å². The number of hydrogen-bond acceptors (Lipinski definition) is 5.